The molecule has 0 radical (unpaired) electrons. The first-order chi connectivity index (χ1) is 10.1. The van der Waals surface area contributed by atoms with Gasteiger partial charge in [0.05, 0.1) is 0 Å². The van der Waals surface area contributed by atoms with E-state index in [1.54, 1.807) is 48.5 Å². The fourth-order valence-corrected chi connectivity index (χ4v) is 2.88. The number of hydrogen-bond acceptors (Lipinski definition) is 4. The summed E-state index contributed by atoms with van der Waals surface area (Å²) in [5.41, 5.74) is 0.770. The van der Waals surface area contributed by atoms with Crippen LogP contribution < -0.4 is 10.1 Å². The van der Waals surface area contributed by atoms with Crippen molar-refractivity contribution in [3.05, 3.63) is 59.1 Å². The van der Waals surface area contributed by atoms with Gasteiger partial charge in [0.2, 0.25) is 5.91 Å². The van der Waals surface area contributed by atoms with Crippen LogP contribution in [0, 0.1) is 0 Å². The third-order valence-corrected chi connectivity index (χ3v) is 4.21. The van der Waals surface area contributed by atoms with Gasteiger partial charge in [0.1, 0.15) is 16.7 Å². The number of rotatable bonds is 3. The summed E-state index contributed by atoms with van der Waals surface area (Å²) in [5.74, 6) is 1.04. The molecule has 0 bridgehead atoms. The van der Waals surface area contributed by atoms with Gasteiger partial charge in [-0.2, -0.15) is 0 Å². The van der Waals surface area contributed by atoms with Crippen molar-refractivity contribution in [1.82, 2.24) is 5.32 Å². The number of ether oxygens (including phenoxy) is 1. The zero-order valence-corrected chi connectivity index (χ0v) is 12.3. The number of nitrogens with one attached hydrogen (secondary N) is 1. The monoisotopic (exact) mass is 319 g/mol. The molecular weight excluding hydrogens is 310 g/mol. The van der Waals surface area contributed by atoms with Gasteiger partial charge in [0, 0.05) is 5.02 Å². The van der Waals surface area contributed by atoms with Crippen LogP contribution in [0.1, 0.15) is 10.8 Å². The first-order valence-corrected chi connectivity index (χ1v) is 7.42. The summed E-state index contributed by atoms with van der Waals surface area (Å²) in [6.07, 6.45) is 0. The van der Waals surface area contributed by atoms with Crippen LogP contribution in [0.5, 0.6) is 11.5 Å². The van der Waals surface area contributed by atoms with Gasteiger partial charge in [0.15, 0.2) is 0 Å². The number of hydrogen-bond donors (Lipinski definition) is 1. The molecule has 1 atom stereocenters. The summed E-state index contributed by atoms with van der Waals surface area (Å²) in [6.45, 7) is 0. The molecule has 1 aliphatic heterocycles. The van der Waals surface area contributed by atoms with Gasteiger partial charge in [0.25, 0.3) is 5.24 Å². The van der Waals surface area contributed by atoms with E-state index in [2.05, 4.69) is 5.32 Å². The highest BCUT2D eigenvalue weighted by molar-refractivity contribution is 8.15. The molecule has 2 aromatic carbocycles. The van der Waals surface area contributed by atoms with E-state index in [9.17, 15) is 9.59 Å². The average molecular weight is 320 g/mol. The normalized spacial score (nSPS) is 17.7. The molecule has 1 N–H and O–H groups in total. The summed E-state index contributed by atoms with van der Waals surface area (Å²) in [5, 5.41) is 2.11. The molecular formula is C15H10ClNO3S. The summed E-state index contributed by atoms with van der Waals surface area (Å²) >= 11 is 6.79. The van der Waals surface area contributed by atoms with Crippen LogP contribution >= 0.6 is 23.4 Å². The van der Waals surface area contributed by atoms with E-state index in [0.717, 1.165) is 17.3 Å². The number of imide groups is 1. The van der Waals surface area contributed by atoms with Crippen LogP contribution in [-0.4, -0.2) is 11.1 Å². The fourth-order valence-electron chi connectivity index (χ4n) is 1.92. The molecule has 2 amide bonds. The van der Waals surface area contributed by atoms with E-state index in [1.165, 1.54) is 0 Å². The first-order valence-electron chi connectivity index (χ1n) is 6.17. The van der Waals surface area contributed by atoms with Crippen molar-refractivity contribution in [2.24, 2.45) is 0 Å². The average Bonchev–Trinajstić information content (AvgIpc) is 2.81. The summed E-state index contributed by atoms with van der Waals surface area (Å²) in [6, 6.07) is 14.1. The Morgan fingerprint density at radius 3 is 2.05 bits per heavy atom. The minimum absolute atomic E-state index is 0.281. The lowest BCUT2D eigenvalue weighted by atomic mass is 10.1. The first kappa shape index (κ1) is 14.0. The molecule has 1 unspecified atom stereocenters. The summed E-state index contributed by atoms with van der Waals surface area (Å²) in [4.78, 5) is 22.8. The molecule has 6 heteroatoms. The van der Waals surface area contributed by atoms with E-state index >= 15 is 0 Å². The zero-order valence-electron chi connectivity index (χ0n) is 10.7. The minimum Gasteiger partial charge on any atom is -0.457 e. The van der Waals surface area contributed by atoms with Crippen LogP contribution in [0.25, 0.3) is 0 Å². The van der Waals surface area contributed by atoms with Crippen LogP contribution in [-0.2, 0) is 4.79 Å². The van der Waals surface area contributed by atoms with Gasteiger partial charge in [-0.15, -0.1) is 0 Å². The molecule has 21 heavy (non-hydrogen) atoms. The van der Waals surface area contributed by atoms with E-state index < -0.39 is 5.25 Å². The Hall–Kier alpha value is -1.98. The lowest BCUT2D eigenvalue weighted by Crippen LogP contribution is -2.20. The van der Waals surface area contributed by atoms with Crippen molar-refractivity contribution in [1.29, 1.82) is 0 Å². The molecule has 0 aliphatic carbocycles. The van der Waals surface area contributed by atoms with Crippen molar-refractivity contribution in [3.63, 3.8) is 0 Å². The molecule has 4 nitrogen and oxygen atoms in total. The van der Waals surface area contributed by atoms with Gasteiger partial charge >= 0.3 is 0 Å². The molecule has 0 aromatic heterocycles. The SMILES string of the molecule is O=C1NC(=O)C(c2ccc(Oc3ccc(Cl)cc3)cc2)S1. The van der Waals surface area contributed by atoms with Gasteiger partial charge in [-0.25, -0.2) is 0 Å². The number of halogens is 1. The van der Waals surface area contributed by atoms with Gasteiger partial charge in [-0.1, -0.05) is 23.7 Å². The van der Waals surface area contributed by atoms with Gasteiger partial charge in [-0.05, 0) is 53.7 Å². The number of benzene rings is 2. The van der Waals surface area contributed by atoms with Crippen molar-refractivity contribution >= 4 is 34.5 Å². The summed E-state index contributed by atoms with van der Waals surface area (Å²) in [7, 11) is 0. The molecule has 0 spiro atoms. The van der Waals surface area contributed by atoms with Crippen LogP contribution in [0.3, 0.4) is 0 Å². The predicted molar refractivity (Wildman–Crippen MR) is 81.8 cm³/mol. The Balaban J connectivity index is 1.73. The number of carbonyl (C=O) groups excluding carboxylic acids is 2. The highest BCUT2D eigenvalue weighted by Gasteiger charge is 2.32. The standard InChI is InChI=1S/C15H10ClNO3S/c16-10-3-7-12(8-4-10)20-11-5-1-9(2-6-11)13-14(18)17-15(19)21-13/h1-8,13H,(H,17,18,19). The van der Waals surface area contributed by atoms with Crippen LogP contribution in [0.4, 0.5) is 4.79 Å². The van der Waals surface area contributed by atoms with Crippen LogP contribution in [0.2, 0.25) is 5.02 Å². The molecule has 2 aromatic rings. The third-order valence-electron chi connectivity index (χ3n) is 2.92. The molecule has 1 aliphatic rings. The summed E-state index contributed by atoms with van der Waals surface area (Å²) < 4.78 is 5.67. The minimum atomic E-state index is -0.484. The van der Waals surface area contributed by atoms with Crippen molar-refractivity contribution < 1.29 is 14.3 Å². The maximum atomic E-state index is 11.6. The van der Waals surface area contributed by atoms with E-state index in [4.69, 9.17) is 16.3 Å². The van der Waals surface area contributed by atoms with E-state index in [0.29, 0.717) is 16.5 Å². The topological polar surface area (TPSA) is 55.4 Å². The maximum Gasteiger partial charge on any atom is 0.286 e. The van der Waals surface area contributed by atoms with Crippen molar-refractivity contribution in [2.45, 2.75) is 5.25 Å². The number of thioether (sulfide) groups is 1. The highest BCUT2D eigenvalue weighted by atomic mass is 35.5. The molecule has 0 saturated carbocycles. The highest BCUT2D eigenvalue weighted by Crippen LogP contribution is 2.35. The van der Waals surface area contributed by atoms with Gasteiger partial charge < -0.3 is 4.74 Å². The van der Waals surface area contributed by atoms with Gasteiger partial charge in [-0.3, -0.25) is 14.9 Å². The quantitative estimate of drug-likeness (QED) is 0.923. The Bertz CT molecular complexity index is 685. The zero-order chi connectivity index (χ0) is 14.8. The molecule has 1 heterocycles. The molecule has 1 saturated heterocycles. The Morgan fingerprint density at radius 1 is 0.952 bits per heavy atom. The largest absolute Gasteiger partial charge is 0.457 e. The van der Waals surface area contributed by atoms with Crippen LogP contribution in [0.15, 0.2) is 48.5 Å². The number of amides is 2. The maximum absolute atomic E-state index is 11.6. The second-order valence-corrected chi connectivity index (χ2v) is 5.91. The van der Waals surface area contributed by atoms with E-state index in [-0.39, 0.29) is 11.1 Å². The number of carbonyl (C=O) groups is 2. The smallest absolute Gasteiger partial charge is 0.286 e. The Labute approximate surface area is 130 Å². The lowest BCUT2D eigenvalue weighted by Gasteiger charge is -2.08. The van der Waals surface area contributed by atoms with Crippen molar-refractivity contribution in [3.8, 4) is 11.5 Å². The molecule has 3 rings (SSSR count). The fraction of sp³-hybridized carbons (Fsp3) is 0.0667. The Kier molecular flexibility index (Phi) is 3.86. The lowest BCUT2D eigenvalue weighted by molar-refractivity contribution is -0.119. The second-order valence-electron chi connectivity index (χ2n) is 4.40. The molecule has 1 fully saturated rings. The Morgan fingerprint density at radius 2 is 1.52 bits per heavy atom. The second kappa shape index (κ2) is 5.79. The molecule has 106 valence electrons. The van der Waals surface area contributed by atoms with Crippen molar-refractivity contribution in [2.75, 3.05) is 0 Å². The third kappa shape index (κ3) is 3.20. The van der Waals surface area contributed by atoms with E-state index in [1.807, 2.05) is 0 Å². The predicted octanol–water partition coefficient (Wildman–Crippen LogP) is 4.16.